The number of allylic oxidation sites excluding steroid dienone is 6. The fourth-order valence-corrected chi connectivity index (χ4v) is 2.75. The molecule has 5 heteroatoms. The zero-order chi connectivity index (χ0) is 30.5. The summed E-state index contributed by atoms with van der Waals surface area (Å²) in [6.07, 6.45) is 7.64. The van der Waals surface area contributed by atoms with Crippen molar-refractivity contribution in [2.75, 3.05) is 6.54 Å². The van der Waals surface area contributed by atoms with Gasteiger partial charge in [0, 0.05) is 17.9 Å². The highest BCUT2D eigenvalue weighted by atomic mass is 16.1. The van der Waals surface area contributed by atoms with Gasteiger partial charge in [-0.05, 0) is 102 Å². The molecule has 0 bridgehead atoms. The van der Waals surface area contributed by atoms with E-state index in [-0.39, 0.29) is 18.2 Å². The van der Waals surface area contributed by atoms with Crippen molar-refractivity contribution in [1.82, 2.24) is 10.6 Å². The Morgan fingerprint density at radius 2 is 1.54 bits per heavy atom. The average molecular weight is 536 g/mol. The van der Waals surface area contributed by atoms with E-state index in [0.29, 0.717) is 18.7 Å². The highest BCUT2D eigenvalue weighted by Gasteiger charge is 2.09. The second-order valence-electron chi connectivity index (χ2n) is 9.97. The normalized spacial score (nSPS) is 10.0. The third-order valence-corrected chi connectivity index (χ3v) is 5.54. The molecule has 0 radical (unpaired) electrons. The van der Waals surface area contributed by atoms with E-state index in [4.69, 9.17) is 5.73 Å². The summed E-state index contributed by atoms with van der Waals surface area (Å²) in [4.78, 5) is 22.9. The minimum Gasteiger partial charge on any atom is -0.381 e. The van der Waals surface area contributed by atoms with E-state index in [1.165, 1.54) is 16.7 Å². The molecule has 1 aromatic rings. The Bertz CT molecular complexity index is 1050. The minimum absolute atomic E-state index is 0.0614. The summed E-state index contributed by atoms with van der Waals surface area (Å²) in [5.74, 6) is -0.198. The lowest BCUT2D eigenvalue weighted by Crippen LogP contribution is -2.28. The second kappa shape index (κ2) is 21.5. The molecule has 216 valence electrons. The smallest absolute Gasteiger partial charge is 0.238 e. The molecule has 1 amide bonds. The van der Waals surface area contributed by atoms with E-state index in [2.05, 4.69) is 69.9 Å². The van der Waals surface area contributed by atoms with Gasteiger partial charge in [0.2, 0.25) is 5.91 Å². The lowest BCUT2D eigenvalue weighted by atomic mass is 9.97. The van der Waals surface area contributed by atoms with Crippen molar-refractivity contribution in [3.05, 3.63) is 101 Å². The summed E-state index contributed by atoms with van der Waals surface area (Å²) < 4.78 is 0. The summed E-state index contributed by atoms with van der Waals surface area (Å²) in [6.45, 7) is 31.9. The maximum atomic E-state index is 11.5. The summed E-state index contributed by atoms with van der Waals surface area (Å²) in [5.41, 5.74) is 14.0. The Morgan fingerprint density at radius 3 is 2.00 bits per heavy atom. The van der Waals surface area contributed by atoms with Crippen LogP contribution in [0.15, 0.2) is 84.7 Å². The monoisotopic (exact) mass is 535 g/mol. The van der Waals surface area contributed by atoms with Crippen molar-refractivity contribution in [2.24, 2.45) is 5.73 Å². The summed E-state index contributed by atoms with van der Waals surface area (Å²) in [5, 5.41) is 6.06. The van der Waals surface area contributed by atoms with Crippen molar-refractivity contribution >= 4 is 17.4 Å². The number of aryl methyl sites for hydroxylation is 1. The first-order valence-corrected chi connectivity index (χ1v) is 13.5. The van der Waals surface area contributed by atoms with Gasteiger partial charge in [0.05, 0.1) is 6.54 Å². The number of benzene rings is 1. The molecular weight excluding hydrogens is 482 g/mol. The number of hydrogen-bond donors (Lipinski definition) is 3. The molecule has 0 saturated carbocycles. The number of nitrogens with two attached hydrogens (primary N) is 1. The molecule has 0 unspecified atom stereocenters. The average Bonchev–Trinajstić information content (AvgIpc) is 2.88. The van der Waals surface area contributed by atoms with Gasteiger partial charge in [-0.1, -0.05) is 68.5 Å². The molecule has 1 rings (SSSR count). The zero-order valence-electron chi connectivity index (χ0n) is 25.9. The topological polar surface area (TPSA) is 84.2 Å². The van der Waals surface area contributed by atoms with E-state index in [9.17, 15) is 9.59 Å². The van der Waals surface area contributed by atoms with Crippen molar-refractivity contribution < 1.29 is 9.59 Å². The first-order chi connectivity index (χ1) is 18.2. The number of Topliss-reactive ketones (excluding diaryl/α,β-unsaturated/α-hetero) is 1. The summed E-state index contributed by atoms with van der Waals surface area (Å²) in [6, 6.07) is 6.06. The predicted octanol–water partition coefficient (Wildman–Crippen LogP) is 7.71. The second-order valence-corrected chi connectivity index (χ2v) is 9.97. The molecule has 39 heavy (non-hydrogen) atoms. The number of amides is 1. The lowest BCUT2D eigenvalue weighted by molar-refractivity contribution is -0.118. The van der Waals surface area contributed by atoms with Gasteiger partial charge in [0.25, 0.3) is 0 Å². The standard InChI is InChI=1S/C25H35N3O2.C5H10.C4H8/c1-7-8-9-23-14-22(20(5)28-25(30)15-26)12-13-24(23)16-27-19(4)17(2)10-11-18(3)21(6)29;1-4-5(2)3;1-4(2)3/h11-14,27H,2,4-5,7-10,15-16,26H2,1,3,6H3,(H,28,30);4H,1-3H3;1H2,2-3H3/b18-11+;;. The number of rotatable bonds is 13. The third-order valence-electron chi connectivity index (χ3n) is 5.54. The molecule has 0 aliphatic rings. The third kappa shape index (κ3) is 19.3. The Morgan fingerprint density at radius 1 is 0.974 bits per heavy atom. The van der Waals surface area contributed by atoms with Crippen molar-refractivity contribution in [1.29, 1.82) is 0 Å². The molecule has 0 aromatic heterocycles. The predicted molar refractivity (Wildman–Crippen MR) is 171 cm³/mol. The van der Waals surface area contributed by atoms with Crippen LogP contribution in [0.3, 0.4) is 0 Å². The molecular formula is C34H53N3O2. The van der Waals surface area contributed by atoms with Crippen molar-refractivity contribution in [3.63, 3.8) is 0 Å². The van der Waals surface area contributed by atoms with Gasteiger partial charge >= 0.3 is 0 Å². The number of nitrogens with one attached hydrogen (secondary N) is 2. The molecule has 0 heterocycles. The Labute approximate surface area is 238 Å². The highest BCUT2D eigenvalue weighted by molar-refractivity contribution is 5.92. The maximum absolute atomic E-state index is 11.5. The number of hydrogen-bond acceptors (Lipinski definition) is 4. The van der Waals surface area contributed by atoms with E-state index in [1.54, 1.807) is 13.8 Å². The van der Waals surface area contributed by atoms with Crippen LogP contribution in [0, 0.1) is 0 Å². The molecule has 4 N–H and O–H groups in total. The number of unbranched alkanes of at least 4 members (excludes halogenated alkanes) is 1. The Kier molecular flexibility index (Phi) is 20.8. The molecule has 0 aliphatic carbocycles. The molecule has 1 aromatic carbocycles. The first-order valence-electron chi connectivity index (χ1n) is 13.5. The van der Waals surface area contributed by atoms with Gasteiger partial charge in [-0.2, -0.15) is 0 Å². The molecule has 0 saturated heterocycles. The first kappa shape index (κ1) is 37.7. The molecule has 5 nitrogen and oxygen atoms in total. The van der Waals surface area contributed by atoms with Crippen LogP contribution in [-0.4, -0.2) is 18.2 Å². The molecule has 0 spiro atoms. The van der Waals surface area contributed by atoms with Gasteiger partial charge in [-0.15, -0.1) is 6.58 Å². The van der Waals surface area contributed by atoms with Gasteiger partial charge in [-0.3, -0.25) is 9.59 Å². The fraction of sp³-hybridized carbons (Fsp3) is 0.412. The van der Waals surface area contributed by atoms with Crippen LogP contribution in [0.2, 0.25) is 0 Å². The minimum atomic E-state index is -0.260. The van der Waals surface area contributed by atoms with Crippen LogP contribution in [0.5, 0.6) is 0 Å². The van der Waals surface area contributed by atoms with Gasteiger partial charge in [0.1, 0.15) is 0 Å². The number of ketones is 1. The van der Waals surface area contributed by atoms with Crippen LogP contribution >= 0.6 is 0 Å². The van der Waals surface area contributed by atoms with Crippen molar-refractivity contribution in [2.45, 2.75) is 87.6 Å². The van der Waals surface area contributed by atoms with E-state index < -0.39 is 0 Å². The lowest BCUT2D eigenvalue weighted by Gasteiger charge is -2.16. The van der Waals surface area contributed by atoms with E-state index in [0.717, 1.165) is 47.2 Å². The molecule has 0 aliphatic heterocycles. The summed E-state index contributed by atoms with van der Waals surface area (Å²) in [7, 11) is 0. The van der Waals surface area contributed by atoms with E-state index >= 15 is 0 Å². The van der Waals surface area contributed by atoms with Crippen LogP contribution in [0.1, 0.15) is 91.3 Å². The fourth-order valence-electron chi connectivity index (χ4n) is 2.75. The maximum Gasteiger partial charge on any atom is 0.238 e. The molecule has 0 atom stereocenters. The zero-order valence-corrected chi connectivity index (χ0v) is 25.9. The number of carbonyl (C=O) groups excluding carboxylic acids is 2. The van der Waals surface area contributed by atoms with Crippen LogP contribution in [0.25, 0.3) is 5.70 Å². The van der Waals surface area contributed by atoms with Crippen LogP contribution in [-0.2, 0) is 22.6 Å². The van der Waals surface area contributed by atoms with Gasteiger partial charge < -0.3 is 16.4 Å². The van der Waals surface area contributed by atoms with Gasteiger partial charge in [0.15, 0.2) is 5.78 Å². The highest BCUT2D eigenvalue weighted by Crippen LogP contribution is 2.20. The number of carbonyl (C=O) groups is 2. The largest absolute Gasteiger partial charge is 0.381 e. The van der Waals surface area contributed by atoms with Crippen LogP contribution in [0.4, 0.5) is 0 Å². The van der Waals surface area contributed by atoms with Crippen molar-refractivity contribution in [3.8, 4) is 0 Å². The van der Waals surface area contributed by atoms with Crippen LogP contribution < -0.4 is 16.4 Å². The SMILES string of the molecule is C=C(C)C.C=C(C/C=C(\C)C(C)=O)C(=C)NCc1ccc(C(=C)NC(=O)CN)cc1CCCC.CC=C(C)C. The van der Waals surface area contributed by atoms with Gasteiger partial charge in [-0.25, -0.2) is 0 Å². The summed E-state index contributed by atoms with van der Waals surface area (Å²) >= 11 is 0. The quantitative estimate of drug-likeness (QED) is 0.137. The Balaban J connectivity index is 0. The van der Waals surface area contributed by atoms with E-state index in [1.807, 2.05) is 39.0 Å². The Hall–Kier alpha value is -3.44. The molecule has 0 fully saturated rings.